The highest BCUT2D eigenvalue weighted by atomic mass is 19.3. The zero-order valence-corrected chi connectivity index (χ0v) is 20.6. The molecule has 37 heavy (non-hydrogen) atoms. The van der Waals surface area contributed by atoms with Gasteiger partial charge in [0.05, 0.1) is 19.8 Å². The first kappa shape index (κ1) is 25.1. The number of aryl methyl sites for hydroxylation is 2. The molecule has 9 heteroatoms. The SMILES string of the molecule is Cc1ccc(NC(=O)c2ccc3c(c2)CCC3(F)F)cc1-c1cc(OCCO)nc(N2CCOCC2)c1. The third kappa shape index (κ3) is 5.42. The number of halogens is 2. The summed E-state index contributed by atoms with van der Waals surface area (Å²) in [5, 5.41) is 12.1. The Kier molecular flexibility index (Phi) is 7.08. The molecule has 7 nitrogen and oxygen atoms in total. The lowest BCUT2D eigenvalue weighted by Gasteiger charge is -2.28. The van der Waals surface area contributed by atoms with Gasteiger partial charge in [0.15, 0.2) is 0 Å². The van der Waals surface area contributed by atoms with Crippen LogP contribution >= 0.6 is 0 Å². The minimum atomic E-state index is -2.83. The van der Waals surface area contributed by atoms with E-state index in [4.69, 9.17) is 9.47 Å². The molecule has 0 spiro atoms. The fraction of sp³-hybridized carbons (Fsp3) is 0.357. The van der Waals surface area contributed by atoms with E-state index in [1.165, 1.54) is 12.1 Å². The van der Waals surface area contributed by atoms with E-state index in [-0.39, 0.29) is 37.5 Å². The van der Waals surface area contributed by atoms with Gasteiger partial charge in [0.25, 0.3) is 11.8 Å². The molecule has 2 heterocycles. The van der Waals surface area contributed by atoms with E-state index in [2.05, 4.69) is 15.2 Å². The number of pyridine rings is 1. The number of hydrogen-bond donors (Lipinski definition) is 2. The number of carbonyl (C=O) groups is 1. The van der Waals surface area contributed by atoms with Gasteiger partial charge < -0.3 is 24.8 Å². The van der Waals surface area contributed by atoms with Crippen molar-refractivity contribution in [3.63, 3.8) is 0 Å². The molecule has 0 unspecified atom stereocenters. The van der Waals surface area contributed by atoms with E-state index < -0.39 is 5.92 Å². The number of alkyl halides is 2. The normalized spacial score (nSPS) is 16.4. The zero-order chi connectivity index (χ0) is 26.0. The molecule has 0 bridgehead atoms. The van der Waals surface area contributed by atoms with Crippen LogP contribution in [0, 0.1) is 6.92 Å². The van der Waals surface area contributed by atoms with E-state index in [1.54, 1.807) is 6.07 Å². The van der Waals surface area contributed by atoms with Crippen molar-refractivity contribution in [3.8, 4) is 17.0 Å². The van der Waals surface area contributed by atoms with E-state index >= 15 is 0 Å². The molecule has 194 valence electrons. The molecule has 2 N–H and O–H groups in total. The predicted molar refractivity (Wildman–Crippen MR) is 137 cm³/mol. The third-order valence-electron chi connectivity index (χ3n) is 6.74. The molecule has 1 aromatic heterocycles. The summed E-state index contributed by atoms with van der Waals surface area (Å²) in [6, 6.07) is 13.8. The van der Waals surface area contributed by atoms with Crippen molar-refractivity contribution < 1.29 is 28.2 Å². The molecule has 1 saturated heterocycles. The second-order valence-electron chi connectivity index (χ2n) is 9.28. The number of nitrogens with zero attached hydrogens (tertiary/aromatic N) is 2. The Morgan fingerprint density at radius 1 is 1.16 bits per heavy atom. The summed E-state index contributed by atoms with van der Waals surface area (Å²) < 4.78 is 39.1. The minimum Gasteiger partial charge on any atom is -0.475 e. The summed E-state index contributed by atoms with van der Waals surface area (Å²) in [7, 11) is 0. The summed E-state index contributed by atoms with van der Waals surface area (Å²) in [5.41, 5.74) is 4.19. The monoisotopic (exact) mass is 509 g/mol. The molecule has 2 aliphatic rings. The quantitative estimate of drug-likeness (QED) is 0.486. The lowest BCUT2D eigenvalue weighted by molar-refractivity contribution is -0.00185. The summed E-state index contributed by atoms with van der Waals surface area (Å²) in [5.74, 6) is -2.04. The zero-order valence-electron chi connectivity index (χ0n) is 20.6. The minimum absolute atomic E-state index is 0.00894. The summed E-state index contributed by atoms with van der Waals surface area (Å²) >= 11 is 0. The average molecular weight is 510 g/mol. The van der Waals surface area contributed by atoms with E-state index in [1.807, 2.05) is 37.3 Å². The van der Waals surface area contributed by atoms with Crippen LogP contribution in [0.4, 0.5) is 20.3 Å². The van der Waals surface area contributed by atoms with Crippen molar-refractivity contribution in [2.75, 3.05) is 49.7 Å². The number of benzene rings is 2. The first-order valence-electron chi connectivity index (χ1n) is 12.4. The maximum Gasteiger partial charge on any atom is 0.273 e. The lowest BCUT2D eigenvalue weighted by atomic mass is 10.00. The van der Waals surface area contributed by atoms with Crippen molar-refractivity contribution >= 4 is 17.4 Å². The first-order valence-corrected chi connectivity index (χ1v) is 12.4. The molecule has 1 aliphatic carbocycles. The fourth-order valence-electron chi connectivity index (χ4n) is 4.76. The van der Waals surface area contributed by atoms with Crippen LogP contribution in [0.1, 0.15) is 33.5 Å². The van der Waals surface area contributed by atoms with Crippen molar-refractivity contribution in [3.05, 3.63) is 70.8 Å². The van der Waals surface area contributed by atoms with Gasteiger partial charge in [-0.05, 0) is 65.9 Å². The van der Waals surface area contributed by atoms with Gasteiger partial charge in [-0.15, -0.1) is 0 Å². The Morgan fingerprint density at radius 3 is 2.76 bits per heavy atom. The van der Waals surface area contributed by atoms with Crippen molar-refractivity contribution in [1.29, 1.82) is 0 Å². The van der Waals surface area contributed by atoms with Crippen molar-refractivity contribution in [1.82, 2.24) is 4.98 Å². The van der Waals surface area contributed by atoms with Gasteiger partial charge in [-0.3, -0.25) is 4.79 Å². The Morgan fingerprint density at radius 2 is 1.97 bits per heavy atom. The van der Waals surface area contributed by atoms with Gasteiger partial charge in [0.2, 0.25) is 5.88 Å². The van der Waals surface area contributed by atoms with Crippen LogP contribution in [0.25, 0.3) is 11.1 Å². The molecule has 1 amide bonds. The van der Waals surface area contributed by atoms with Crippen LogP contribution in [-0.2, 0) is 17.1 Å². The molecule has 1 aliphatic heterocycles. The number of hydrogen-bond acceptors (Lipinski definition) is 6. The molecular formula is C28H29F2N3O4. The van der Waals surface area contributed by atoms with Gasteiger partial charge in [-0.25, -0.2) is 8.78 Å². The molecule has 3 aromatic rings. The van der Waals surface area contributed by atoms with Crippen LogP contribution in [0.5, 0.6) is 5.88 Å². The number of rotatable bonds is 7. The molecule has 5 rings (SSSR count). The summed E-state index contributed by atoms with van der Waals surface area (Å²) in [6.45, 7) is 4.61. The fourth-order valence-corrected chi connectivity index (χ4v) is 4.76. The lowest BCUT2D eigenvalue weighted by Crippen LogP contribution is -2.36. The van der Waals surface area contributed by atoms with Gasteiger partial charge in [0, 0.05) is 42.4 Å². The number of aliphatic hydroxyl groups is 1. The number of carbonyl (C=O) groups excluding carboxylic acids is 1. The van der Waals surface area contributed by atoms with Gasteiger partial charge >= 0.3 is 0 Å². The molecule has 0 radical (unpaired) electrons. The van der Waals surface area contributed by atoms with E-state index in [0.29, 0.717) is 49.0 Å². The maximum absolute atomic E-state index is 14.0. The number of anilines is 2. The second-order valence-corrected chi connectivity index (χ2v) is 9.28. The Labute approximate surface area is 214 Å². The topological polar surface area (TPSA) is 83.9 Å². The third-order valence-corrected chi connectivity index (χ3v) is 6.74. The largest absolute Gasteiger partial charge is 0.475 e. The maximum atomic E-state index is 14.0. The van der Waals surface area contributed by atoms with Crippen molar-refractivity contribution in [2.24, 2.45) is 0 Å². The Balaban J connectivity index is 1.42. The number of amides is 1. The molecule has 1 fully saturated rings. The molecule has 0 atom stereocenters. The summed E-state index contributed by atoms with van der Waals surface area (Å²) in [4.78, 5) is 19.7. The second kappa shape index (κ2) is 10.4. The van der Waals surface area contributed by atoms with Crippen LogP contribution in [0.2, 0.25) is 0 Å². The smallest absolute Gasteiger partial charge is 0.273 e. The number of ether oxygens (including phenoxy) is 2. The molecular weight excluding hydrogens is 480 g/mol. The van der Waals surface area contributed by atoms with Crippen LogP contribution in [0.15, 0.2) is 48.5 Å². The number of aliphatic hydroxyl groups excluding tert-OH is 1. The highest BCUT2D eigenvalue weighted by Gasteiger charge is 2.39. The van der Waals surface area contributed by atoms with E-state index in [0.717, 1.165) is 22.5 Å². The summed E-state index contributed by atoms with van der Waals surface area (Å²) in [6.07, 6.45) is 0.0312. The standard InChI is InChI=1S/C28H29F2N3O4/c1-18-2-4-22(31-27(35)20-3-5-24-19(14-20)6-7-28(24,29)30)17-23(18)21-15-25(33-8-11-36-12-9-33)32-26(16-21)37-13-10-34/h2-5,14-17,34H,6-13H2,1H3,(H,31,35). The van der Waals surface area contributed by atoms with Crippen LogP contribution < -0.4 is 15.0 Å². The highest BCUT2D eigenvalue weighted by molar-refractivity contribution is 6.04. The van der Waals surface area contributed by atoms with E-state index in [9.17, 15) is 18.7 Å². The molecule has 0 saturated carbocycles. The van der Waals surface area contributed by atoms with Gasteiger partial charge in [0.1, 0.15) is 12.4 Å². The van der Waals surface area contributed by atoms with Gasteiger partial charge in [-0.2, -0.15) is 4.98 Å². The van der Waals surface area contributed by atoms with Gasteiger partial charge in [-0.1, -0.05) is 12.1 Å². The van der Waals surface area contributed by atoms with Crippen LogP contribution in [0.3, 0.4) is 0 Å². The number of fused-ring (bicyclic) bond motifs is 1. The van der Waals surface area contributed by atoms with Crippen LogP contribution in [-0.4, -0.2) is 55.5 Å². The Hall–Kier alpha value is -3.56. The number of aromatic nitrogens is 1. The molecule has 2 aromatic carbocycles. The highest BCUT2D eigenvalue weighted by Crippen LogP contribution is 2.41. The van der Waals surface area contributed by atoms with Crippen molar-refractivity contribution in [2.45, 2.75) is 25.7 Å². The predicted octanol–water partition coefficient (Wildman–Crippen LogP) is 4.56. The number of morpholine rings is 1. The first-order chi connectivity index (χ1) is 17.8. The average Bonchev–Trinajstić information content (AvgIpc) is 3.22. The number of nitrogens with one attached hydrogen (secondary N) is 1. The Bertz CT molecular complexity index is 1310.